The van der Waals surface area contributed by atoms with Gasteiger partial charge in [0.2, 0.25) is 5.91 Å². The Morgan fingerprint density at radius 1 is 1.24 bits per heavy atom. The summed E-state index contributed by atoms with van der Waals surface area (Å²) in [4.78, 5) is 14.8. The molecule has 2 rings (SSSR count). The average Bonchev–Trinajstić information content (AvgIpc) is 3.06. The fourth-order valence-electron chi connectivity index (χ4n) is 3.52. The van der Waals surface area contributed by atoms with Crippen molar-refractivity contribution in [3.05, 3.63) is 0 Å². The Bertz CT molecular complexity index is 329. The maximum absolute atomic E-state index is 12.7. The maximum Gasteiger partial charge on any atom is 0.244 e. The Labute approximate surface area is 128 Å². The van der Waals surface area contributed by atoms with Gasteiger partial charge in [-0.3, -0.25) is 10.1 Å². The number of nitrogens with zero attached hydrogens (tertiary/aromatic N) is 1. The van der Waals surface area contributed by atoms with Crippen molar-refractivity contribution in [2.24, 2.45) is 0 Å². The molecule has 5 heteroatoms. The minimum absolute atomic E-state index is 0.227. The molecule has 1 amide bonds. The maximum atomic E-state index is 12.7. The standard InChI is InChI=1S/C16H30N2O3/c1-3-14-17-16(8-4-5-9-16)15(19)18(14)10-6-7-11-21-13-12-20-2/h14,17H,3-13H2,1-2H3. The summed E-state index contributed by atoms with van der Waals surface area (Å²) < 4.78 is 10.4. The van der Waals surface area contributed by atoms with E-state index >= 15 is 0 Å². The second-order valence-corrected chi connectivity index (χ2v) is 6.17. The molecule has 1 aliphatic carbocycles. The highest BCUT2D eigenvalue weighted by atomic mass is 16.5. The lowest BCUT2D eigenvalue weighted by molar-refractivity contribution is -0.133. The molecule has 0 aromatic carbocycles. The Balaban J connectivity index is 1.72. The lowest BCUT2D eigenvalue weighted by Gasteiger charge is -2.23. The van der Waals surface area contributed by atoms with Crippen molar-refractivity contribution in [2.75, 3.05) is 33.5 Å². The zero-order valence-corrected chi connectivity index (χ0v) is 13.5. The number of carbonyl (C=O) groups is 1. The molecule has 1 saturated heterocycles. The highest BCUT2D eigenvalue weighted by molar-refractivity contribution is 5.89. The molecule has 2 fully saturated rings. The van der Waals surface area contributed by atoms with Crippen molar-refractivity contribution in [1.29, 1.82) is 0 Å². The van der Waals surface area contributed by atoms with Gasteiger partial charge in [0.25, 0.3) is 0 Å². The summed E-state index contributed by atoms with van der Waals surface area (Å²) >= 11 is 0. The van der Waals surface area contributed by atoms with Crippen molar-refractivity contribution >= 4 is 5.91 Å². The molecule has 1 unspecified atom stereocenters. The summed E-state index contributed by atoms with van der Waals surface area (Å²) in [5.74, 6) is 0.340. The largest absolute Gasteiger partial charge is 0.382 e. The predicted molar refractivity (Wildman–Crippen MR) is 82.1 cm³/mol. The first kappa shape index (κ1) is 16.7. The molecule has 1 saturated carbocycles. The van der Waals surface area contributed by atoms with Crippen LogP contribution in [0.4, 0.5) is 0 Å². The second kappa shape index (κ2) is 8.11. The summed E-state index contributed by atoms with van der Waals surface area (Å²) in [5, 5.41) is 3.61. The first-order chi connectivity index (χ1) is 10.2. The molecule has 5 nitrogen and oxygen atoms in total. The van der Waals surface area contributed by atoms with Gasteiger partial charge >= 0.3 is 0 Å². The molecular formula is C16H30N2O3. The summed E-state index contributed by atoms with van der Waals surface area (Å²) in [6.45, 7) is 5.05. The summed E-state index contributed by atoms with van der Waals surface area (Å²) in [6, 6.07) is 0. The van der Waals surface area contributed by atoms with E-state index in [-0.39, 0.29) is 11.7 Å². The zero-order chi connectivity index (χ0) is 15.1. The van der Waals surface area contributed by atoms with Crippen LogP contribution >= 0.6 is 0 Å². The molecule has 0 bridgehead atoms. The number of nitrogens with one attached hydrogen (secondary N) is 1. The van der Waals surface area contributed by atoms with Crippen LogP contribution in [0.1, 0.15) is 51.9 Å². The molecule has 1 heterocycles. The molecular weight excluding hydrogens is 268 g/mol. The molecule has 1 atom stereocenters. The zero-order valence-electron chi connectivity index (χ0n) is 13.5. The quantitative estimate of drug-likeness (QED) is 0.661. The van der Waals surface area contributed by atoms with Gasteiger partial charge in [0.05, 0.1) is 24.9 Å². The third-order valence-electron chi connectivity index (χ3n) is 4.70. The van der Waals surface area contributed by atoms with E-state index in [0.29, 0.717) is 19.1 Å². The van der Waals surface area contributed by atoms with Gasteiger partial charge in [-0.1, -0.05) is 19.8 Å². The van der Waals surface area contributed by atoms with Crippen LogP contribution in [-0.2, 0) is 14.3 Å². The van der Waals surface area contributed by atoms with Crippen molar-refractivity contribution in [3.63, 3.8) is 0 Å². The van der Waals surface area contributed by atoms with Gasteiger partial charge < -0.3 is 14.4 Å². The van der Waals surface area contributed by atoms with Gasteiger partial charge in [-0.2, -0.15) is 0 Å². The van der Waals surface area contributed by atoms with Crippen LogP contribution in [-0.4, -0.2) is 56.0 Å². The number of ether oxygens (including phenoxy) is 2. The van der Waals surface area contributed by atoms with Gasteiger partial charge in [0.15, 0.2) is 0 Å². The Morgan fingerprint density at radius 2 is 2.00 bits per heavy atom. The van der Waals surface area contributed by atoms with E-state index in [1.807, 2.05) is 0 Å². The highest BCUT2D eigenvalue weighted by Crippen LogP contribution is 2.36. The SMILES string of the molecule is CCC1NC2(CCCC2)C(=O)N1CCCCOCCOC. The molecule has 1 spiro atoms. The molecule has 1 N–H and O–H groups in total. The fraction of sp³-hybridized carbons (Fsp3) is 0.938. The van der Waals surface area contributed by atoms with Crippen LogP contribution in [0.3, 0.4) is 0 Å². The Morgan fingerprint density at radius 3 is 2.67 bits per heavy atom. The van der Waals surface area contributed by atoms with E-state index in [1.165, 1.54) is 12.8 Å². The van der Waals surface area contributed by atoms with E-state index in [2.05, 4.69) is 17.1 Å². The number of rotatable bonds is 9. The van der Waals surface area contributed by atoms with Crippen LogP contribution in [0.15, 0.2) is 0 Å². The van der Waals surface area contributed by atoms with Gasteiger partial charge in [0.1, 0.15) is 0 Å². The van der Waals surface area contributed by atoms with Crippen molar-refractivity contribution in [2.45, 2.75) is 63.6 Å². The van der Waals surface area contributed by atoms with Gasteiger partial charge in [-0.05, 0) is 32.1 Å². The smallest absolute Gasteiger partial charge is 0.244 e. The van der Waals surface area contributed by atoms with Gasteiger partial charge in [0, 0.05) is 20.3 Å². The minimum atomic E-state index is -0.227. The van der Waals surface area contributed by atoms with Crippen LogP contribution in [0, 0.1) is 0 Å². The normalized spacial score (nSPS) is 24.4. The summed E-state index contributed by atoms with van der Waals surface area (Å²) in [7, 11) is 1.68. The van der Waals surface area contributed by atoms with E-state index in [9.17, 15) is 4.79 Å². The third kappa shape index (κ3) is 3.96. The van der Waals surface area contributed by atoms with E-state index in [0.717, 1.165) is 45.3 Å². The molecule has 0 aromatic heterocycles. The number of unbranched alkanes of at least 4 members (excludes halogenated alkanes) is 1. The predicted octanol–water partition coefficient (Wildman–Crippen LogP) is 1.91. The number of methoxy groups -OCH3 is 1. The van der Waals surface area contributed by atoms with Crippen molar-refractivity contribution in [3.8, 4) is 0 Å². The van der Waals surface area contributed by atoms with Crippen molar-refractivity contribution in [1.82, 2.24) is 10.2 Å². The van der Waals surface area contributed by atoms with E-state index < -0.39 is 0 Å². The van der Waals surface area contributed by atoms with Crippen molar-refractivity contribution < 1.29 is 14.3 Å². The third-order valence-corrected chi connectivity index (χ3v) is 4.70. The lowest BCUT2D eigenvalue weighted by Crippen LogP contribution is -2.44. The van der Waals surface area contributed by atoms with Crippen LogP contribution < -0.4 is 5.32 Å². The molecule has 21 heavy (non-hydrogen) atoms. The molecule has 0 aromatic rings. The van der Waals surface area contributed by atoms with Gasteiger partial charge in [-0.15, -0.1) is 0 Å². The van der Waals surface area contributed by atoms with Gasteiger partial charge in [-0.25, -0.2) is 0 Å². The van der Waals surface area contributed by atoms with Crippen LogP contribution in [0.2, 0.25) is 0 Å². The molecule has 1 aliphatic heterocycles. The second-order valence-electron chi connectivity index (χ2n) is 6.17. The van der Waals surface area contributed by atoms with E-state index in [1.54, 1.807) is 7.11 Å². The molecule has 2 aliphatic rings. The topological polar surface area (TPSA) is 50.8 Å². The van der Waals surface area contributed by atoms with E-state index in [4.69, 9.17) is 9.47 Å². The highest BCUT2D eigenvalue weighted by Gasteiger charge is 2.51. The monoisotopic (exact) mass is 298 g/mol. The number of carbonyl (C=O) groups excluding carboxylic acids is 1. The fourth-order valence-corrected chi connectivity index (χ4v) is 3.52. The number of amides is 1. The first-order valence-electron chi connectivity index (χ1n) is 8.39. The molecule has 0 radical (unpaired) electrons. The Hall–Kier alpha value is -0.650. The summed E-state index contributed by atoms with van der Waals surface area (Å²) in [5.41, 5.74) is -0.227. The average molecular weight is 298 g/mol. The molecule has 122 valence electrons. The number of hydrogen-bond acceptors (Lipinski definition) is 4. The van der Waals surface area contributed by atoms with Crippen LogP contribution in [0.5, 0.6) is 0 Å². The Kier molecular flexibility index (Phi) is 6.45. The minimum Gasteiger partial charge on any atom is -0.382 e. The first-order valence-corrected chi connectivity index (χ1v) is 8.39. The summed E-state index contributed by atoms with van der Waals surface area (Å²) in [6.07, 6.45) is 7.59. The number of hydrogen-bond donors (Lipinski definition) is 1. The van der Waals surface area contributed by atoms with Crippen LogP contribution in [0.25, 0.3) is 0 Å². The lowest BCUT2D eigenvalue weighted by atomic mass is 9.98.